The Hall–Kier alpha value is -2.13. The molecule has 1 aromatic heterocycles. The summed E-state index contributed by atoms with van der Waals surface area (Å²) in [6.45, 7) is 40.5. The van der Waals surface area contributed by atoms with Crippen molar-refractivity contribution in [3.63, 3.8) is 0 Å². The Morgan fingerprint density at radius 1 is 1.03 bits per heavy atom. The lowest BCUT2D eigenvalue weighted by Gasteiger charge is -2.65. The van der Waals surface area contributed by atoms with Crippen LogP contribution in [0.15, 0.2) is 36.4 Å². The molecule has 2 saturated carbocycles. The zero-order valence-electron chi connectivity index (χ0n) is 41.0. The van der Waals surface area contributed by atoms with E-state index in [2.05, 4.69) is 135 Å². The number of hydrogen-bond acceptors (Lipinski definition) is 6. The first-order valence-corrected chi connectivity index (χ1v) is 32.3. The average molecular weight is 903 g/mol. The summed E-state index contributed by atoms with van der Waals surface area (Å²) < 4.78 is 52.1. The molecule has 1 aromatic carbocycles. The van der Waals surface area contributed by atoms with Gasteiger partial charge in [0.15, 0.2) is 22.4 Å². The first-order valence-electron chi connectivity index (χ1n) is 23.8. The van der Waals surface area contributed by atoms with E-state index in [0.29, 0.717) is 24.7 Å². The lowest BCUT2D eigenvalue weighted by Crippen LogP contribution is -2.63. The number of rotatable bonds is 12. The SMILES string of the molecule is C=C(C)[C@H]1C(=O)c2c3c(cc4c5c(n1c24)[C@@]1(C)C(CC[C@H]2[C@](C)(/C=C/CC(C)NS(=O)(=O)CCC)[C@@H](O[Si](C)(C)C)CC[C@@]21C)C5)C1=CC(C)(C)OC(C)(C)C1[C@@H]3O[Si](C)(C)C. The van der Waals surface area contributed by atoms with E-state index >= 15 is 4.79 Å². The Balaban J connectivity index is 1.31. The van der Waals surface area contributed by atoms with Gasteiger partial charge in [0.25, 0.3) is 0 Å². The third-order valence-electron chi connectivity index (χ3n) is 16.3. The number of allylic oxidation sites excluding steroid dienone is 1. The topological polar surface area (TPSA) is 95.9 Å². The van der Waals surface area contributed by atoms with E-state index in [-0.39, 0.29) is 51.9 Å². The van der Waals surface area contributed by atoms with Crippen LogP contribution in [0, 0.1) is 28.6 Å². The van der Waals surface area contributed by atoms with Crippen molar-refractivity contribution in [1.29, 1.82) is 0 Å². The van der Waals surface area contributed by atoms with Gasteiger partial charge in [-0.2, -0.15) is 0 Å². The van der Waals surface area contributed by atoms with Crippen LogP contribution >= 0.6 is 0 Å². The number of Topliss-reactive ketones (excluding diaryl/α,β-unsaturated/α-hetero) is 1. The van der Waals surface area contributed by atoms with Crippen molar-refractivity contribution in [2.24, 2.45) is 28.6 Å². The summed E-state index contributed by atoms with van der Waals surface area (Å²) in [5, 5.41) is 1.25. The Morgan fingerprint density at radius 2 is 1.69 bits per heavy atom. The van der Waals surface area contributed by atoms with Crippen molar-refractivity contribution in [2.45, 2.75) is 194 Å². The molecule has 8 nitrogen and oxygen atoms in total. The van der Waals surface area contributed by atoms with E-state index in [0.717, 1.165) is 54.3 Å². The minimum absolute atomic E-state index is 0.0308. The second kappa shape index (κ2) is 14.7. The molecule has 62 heavy (non-hydrogen) atoms. The summed E-state index contributed by atoms with van der Waals surface area (Å²) >= 11 is 0. The summed E-state index contributed by atoms with van der Waals surface area (Å²) in [7, 11) is -7.36. The van der Waals surface area contributed by atoms with Gasteiger partial charge in [0.1, 0.15) is 6.04 Å². The average Bonchev–Trinajstić information content (AvgIpc) is 3.77. The maximum absolute atomic E-state index is 15.5. The number of carbonyl (C=O) groups is 1. The van der Waals surface area contributed by atoms with Crippen LogP contribution in [-0.4, -0.2) is 64.5 Å². The number of nitrogens with zero attached hydrogens (tertiary/aromatic N) is 1. The molecule has 11 heteroatoms. The van der Waals surface area contributed by atoms with E-state index in [1.807, 2.05) is 13.8 Å². The first kappa shape index (κ1) is 46.4. The fourth-order valence-corrected chi connectivity index (χ4v) is 18.0. The van der Waals surface area contributed by atoms with E-state index in [1.165, 1.54) is 27.8 Å². The number of sulfonamides is 1. The molecule has 0 spiro atoms. The number of ether oxygens (including phenoxy) is 1. The molecule has 2 fully saturated rings. The number of ketones is 1. The van der Waals surface area contributed by atoms with Gasteiger partial charge in [-0.1, -0.05) is 52.0 Å². The van der Waals surface area contributed by atoms with Crippen LogP contribution < -0.4 is 4.72 Å². The third-order valence-corrected chi connectivity index (χ3v) is 20.0. The van der Waals surface area contributed by atoms with Crippen molar-refractivity contribution in [1.82, 2.24) is 9.29 Å². The van der Waals surface area contributed by atoms with Crippen LogP contribution in [0.3, 0.4) is 0 Å². The summed E-state index contributed by atoms with van der Waals surface area (Å²) in [5.41, 5.74) is 7.56. The van der Waals surface area contributed by atoms with Gasteiger partial charge < -0.3 is 18.2 Å². The number of nitrogens with one attached hydrogen (secondary N) is 1. The normalized spacial score (nSPS) is 35.1. The summed E-state index contributed by atoms with van der Waals surface area (Å²) in [6, 6.07) is 1.81. The van der Waals surface area contributed by atoms with Gasteiger partial charge in [-0.15, -0.1) is 0 Å². The Kier molecular flexibility index (Phi) is 11.0. The minimum atomic E-state index is -3.32. The van der Waals surface area contributed by atoms with Crippen molar-refractivity contribution < 1.29 is 26.8 Å². The van der Waals surface area contributed by atoms with Gasteiger partial charge in [0, 0.05) is 39.4 Å². The smallest absolute Gasteiger partial charge is 0.211 e. The molecule has 2 aliphatic heterocycles. The molecule has 0 amide bonds. The molecule has 4 aliphatic carbocycles. The lowest BCUT2D eigenvalue weighted by molar-refractivity contribution is -0.140. The van der Waals surface area contributed by atoms with Crippen LogP contribution in [-0.2, 0) is 35.4 Å². The number of benzene rings is 1. The number of hydrogen-bond donors (Lipinski definition) is 1. The largest absolute Gasteiger partial charge is 0.414 e. The van der Waals surface area contributed by atoms with Gasteiger partial charge in [0.2, 0.25) is 10.0 Å². The molecule has 3 heterocycles. The predicted molar refractivity (Wildman–Crippen MR) is 259 cm³/mol. The van der Waals surface area contributed by atoms with Crippen molar-refractivity contribution in [2.75, 3.05) is 5.75 Å². The van der Waals surface area contributed by atoms with E-state index in [9.17, 15) is 8.42 Å². The highest BCUT2D eigenvalue weighted by molar-refractivity contribution is 7.89. The number of fused-ring (bicyclic) bond motifs is 11. The molecule has 342 valence electrons. The fraction of sp³-hybridized carbons (Fsp3) is 0.706. The Bertz CT molecular complexity index is 2400. The molecule has 1 N–H and O–H groups in total. The zero-order chi connectivity index (χ0) is 45.7. The number of aromatic nitrogens is 1. The second-order valence-electron chi connectivity index (χ2n) is 24.2. The van der Waals surface area contributed by atoms with Crippen LogP contribution in [0.5, 0.6) is 0 Å². The molecule has 0 bridgehead atoms. The van der Waals surface area contributed by atoms with Crippen LogP contribution in [0.4, 0.5) is 0 Å². The summed E-state index contributed by atoms with van der Waals surface area (Å²) in [5.74, 6) is 1.01. The standard InChI is InChI=1S/C51H78N2O6SSi2/c1-18-26-60(55,56)52-31(4)20-19-24-49(9)37-22-21-32-27-35-34-28-33-36-29-47(5,6)59-48(7,8)41(36)45(58-62(15,16)17)39(33)40-43(34)53(42(30(2)3)44(40)54)46(35)51(32,11)50(37,10)25-23-38(49)57-61(12,13)14/h19,24,28-29,31-32,37-38,41-42,45,52H,2,18,20-23,25-27H2,1,3-17H3/b24-19+/t31?,32?,37-,38-,41?,42-,45+,49-,50-,51+/m0/s1. The number of carbonyl (C=O) groups excluding carboxylic acids is 1. The van der Waals surface area contributed by atoms with Gasteiger partial charge >= 0.3 is 0 Å². The molecule has 3 unspecified atom stereocenters. The maximum Gasteiger partial charge on any atom is 0.211 e. The lowest BCUT2D eigenvalue weighted by atomic mass is 9.40. The van der Waals surface area contributed by atoms with E-state index in [1.54, 1.807) is 0 Å². The Morgan fingerprint density at radius 3 is 2.31 bits per heavy atom. The van der Waals surface area contributed by atoms with Crippen molar-refractivity contribution in [3.8, 4) is 0 Å². The highest BCUT2D eigenvalue weighted by atomic mass is 32.2. The summed E-state index contributed by atoms with van der Waals surface area (Å²) in [4.78, 5) is 15.5. The highest BCUT2D eigenvalue weighted by Crippen LogP contribution is 2.72. The van der Waals surface area contributed by atoms with E-state index < -0.39 is 43.9 Å². The van der Waals surface area contributed by atoms with Crippen molar-refractivity contribution in [3.05, 3.63) is 64.4 Å². The van der Waals surface area contributed by atoms with Gasteiger partial charge in [-0.05, 0) is 172 Å². The quantitative estimate of drug-likeness (QED) is 0.168. The van der Waals surface area contributed by atoms with Crippen LogP contribution in [0.1, 0.15) is 153 Å². The molecule has 10 atom stereocenters. The van der Waals surface area contributed by atoms with Gasteiger partial charge in [0.05, 0.1) is 40.2 Å². The van der Waals surface area contributed by atoms with Gasteiger partial charge in [-0.3, -0.25) is 4.79 Å². The van der Waals surface area contributed by atoms with Crippen LogP contribution in [0.25, 0.3) is 16.5 Å². The van der Waals surface area contributed by atoms with Crippen LogP contribution in [0.2, 0.25) is 39.3 Å². The Labute approximate surface area is 376 Å². The van der Waals surface area contributed by atoms with Crippen molar-refractivity contribution >= 4 is 48.9 Å². The fourth-order valence-electron chi connectivity index (χ4n) is 14.4. The minimum Gasteiger partial charge on any atom is -0.414 e. The van der Waals surface area contributed by atoms with Gasteiger partial charge in [-0.25, -0.2) is 13.1 Å². The maximum atomic E-state index is 15.5. The first-order chi connectivity index (χ1) is 28.4. The molecule has 2 aromatic rings. The molecule has 0 radical (unpaired) electrons. The molecule has 6 aliphatic rings. The molecule has 0 saturated heterocycles. The predicted octanol–water partition coefficient (Wildman–Crippen LogP) is 12.0. The second-order valence-corrected chi connectivity index (χ2v) is 35.0. The molecule has 8 rings (SSSR count). The molecular formula is C51H78N2O6SSi2. The third kappa shape index (κ3) is 7.06. The summed E-state index contributed by atoms with van der Waals surface area (Å²) in [6.07, 6.45) is 13.2. The zero-order valence-corrected chi connectivity index (χ0v) is 43.8. The monoisotopic (exact) mass is 903 g/mol. The highest BCUT2D eigenvalue weighted by Gasteiger charge is 2.68. The van der Waals surface area contributed by atoms with E-state index in [4.69, 9.17) is 13.6 Å². The molecular weight excluding hydrogens is 825 g/mol.